The van der Waals surface area contributed by atoms with Gasteiger partial charge >= 0.3 is 11.7 Å². The van der Waals surface area contributed by atoms with Crippen molar-refractivity contribution < 1.29 is 28.2 Å². The Kier molecular flexibility index (Phi) is 9.69. The Labute approximate surface area is 256 Å². The van der Waals surface area contributed by atoms with Gasteiger partial charge < -0.3 is 19.5 Å². The van der Waals surface area contributed by atoms with Crippen LogP contribution in [0.2, 0.25) is 0 Å². The van der Waals surface area contributed by atoms with Gasteiger partial charge in [-0.15, -0.1) is 4.80 Å². The predicted molar refractivity (Wildman–Crippen MR) is 161 cm³/mol. The van der Waals surface area contributed by atoms with Crippen LogP contribution in [0.3, 0.4) is 0 Å². The van der Waals surface area contributed by atoms with Gasteiger partial charge in [0.1, 0.15) is 33.0 Å². The van der Waals surface area contributed by atoms with Gasteiger partial charge in [0.25, 0.3) is 5.56 Å². The molecule has 4 aromatic rings. The van der Waals surface area contributed by atoms with Crippen LogP contribution >= 0.6 is 11.3 Å². The number of carbonyl (C=O) groups is 2. The van der Waals surface area contributed by atoms with Crippen LogP contribution in [0.1, 0.15) is 51.3 Å². The molecule has 0 spiro atoms. The number of halogens is 1. The first-order valence-corrected chi connectivity index (χ1v) is 14.6. The second-order valence-corrected chi connectivity index (χ2v) is 11.8. The van der Waals surface area contributed by atoms with E-state index < -0.39 is 40.6 Å². The average molecular weight is 631 g/mol. The third-order valence-corrected chi connectivity index (χ3v) is 8.34. The molecule has 0 bridgehead atoms. The third kappa shape index (κ3) is 6.28. The number of esters is 1. The van der Waals surface area contributed by atoms with Gasteiger partial charge in [-0.05, 0) is 52.8 Å². The molecule has 4 rings (SSSR count). The molecule has 1 N–H and O–H groups in total. The first-order chi connectivity index (χ1) is 20.8. The van der Waals surface area contributed by atoms with E-state index in [0.717, 1.165) is 15.9 Å². The zero-order valence-electron chi connectivity index (χ0n) is 25.5. The van der Waals surface area contributed by atoms with Gasteiger partial charge in [0, 0.05) is 17.2 Å². The molecule has 3 heterocycles. The molecule has 44 heavy (non-hydrogen) atoms. The number of methoxy groups -OCH3 is 2. The van der Waals surface area contributed by atoms with Crippen LogP contribution in [0, 0.1) is 12.7 Å². The zero-order valence-corrected chi connectivity index (χ0v) is 26.4. The Morgan fingerprint density at radius 1 is 1.14 bits per heavy atom. The molecule has 0 aliphatic heterocycles. The Morgan fingerprint density at radius 3 is 2.43 bits per heavy atom. The third-order valence-electron chi connectivity index (χ3n) is 7.06. The molecule has 0 radical (unpaired) electrons. The van der Waals surface area contributed by atoms with Crippen molar-refractivity contribution in [2.45, 2.75) is 65.3 Å². The number of amides is 1. The number of rotatable bonds is 12. The number of hydrogen-bond donors (Lipinski definition) is 1. The predicted octanol–water partition coefficient (Wildman–Crippen LogP) is 2.84. The summed E-state index contributed by atoms with van der Waals surface area (Å²) >= 11 is 1.11. The Morgan fingerprint density at radius 2 is 1.82 bits per heavy atom. The number of benzene rings is 1. The van der Waals surface area contributed by atoms with Gasteiger partial charge in [0.15, 0.2) is 0 Å². The van der Waals surface area contributed by atoms with E-state index in [9.17, 15) is 23.6 Å². The minimum absolute atomic E-state index is 0.107. The maximum atomic E-state index is 14.5. The average Bonchev–Trinajstić information content (AvgIpc) is 3.61. The highest BCUT2D eigenvalue weighted by atomic mass is 32.1. The van der Waals surface area contributed by atoms with Gasteiger partial charge in [0.05, 0.1) is 51.6 Å². The summed E-state index contributed by atoms with van der Waals surface area (Å²) in [6.07, 6.45) is 1.83. The van der Waals surface area contributed by atoms with Crippen LogP contribution in [0.4, 0.5) is 4.39 Å². The van der Waals surface area contributed by atoms with Crippen LogP contribution in [0.15, 0.2) is 40.2 Å². The fraction of sp³-hybridized carbons (Fsp3) is 0.448. The molecule has 1 amide bonds. The van der Waals surface area contributed by atoms with E-state index in [1.165, 1.54) is 68.0 Å². The van der Waals surface area contributed by atoms with Crippen molar-refractivity contribution in [3.63, 3.8) is 0 Å². The van der Waals surface area contributed by atoms with Crippen LogP contribution in [-0.2, 0) is 31.1 Å². The Bertz CT molecular complexity index is 1790. The van der Waals surface area contributed by atoms with E-state index in [1.54, 1.807) is 20.8 Å². The number of aromatic nitrogens is 5. The molecule has 3 aromatic heterocycles. The van der Waals surface area contributed by atoms with Crippen molar-refractivity contribution in [3.8, 4) is 10.8 Å². The second-order valence-electron chi connectivity index (χ2n) is 10.8. The van der Waals surface area contributed by atoms with Gasteiger partial charge in [0.2, 0.25) is 5.91 Å². The number of aryl methyl sites for hydroxylation is 1. The minimum Gasteiger partial charge on any atom is -0.496 e. The lowest BCUT2D eigenvalue weighted by Crippen LogP contribution is -2.56. The molecular formula is C29H35FN6O7S. The molecule has 0 fully saturated rings. The van der Waals surface area contributed by atoms with E-state index >= 15 is 0 Å². The lowest BCUT2D eigenvalue weighted by molar-refractivity contribution is -0.142. The van der Waals surface area contributed by atoms with Crippen molar-refractivity contribution >= 4 is 33.4 Å². The standard InChI is InChI=1S/C29H35FN6O7S/c1-16(2)33-27(39)29(4,5)35-24(38)23-17(3)25(36-31-11-12-32-36)44-26(23)34(28(35)40)15-21(43-13-10-22(37)42-7)19-14-18(30)8-9-20(19)41-6/h8-9,11-12,14,16,21H,10,13,15H2,1-7H3,(H,33,39)/t21-/m0/s1. The van der Waals surface area contributed by atoms with Crippen molar-refractivity contribution in [2.75, 3.05) is 20.8 Å². The van der Waals surface area contributed by atoms with Crippen molar-refractivity contribution in [1.29, 1.82) is 0 Å². The van der Waals surface area contributed by atoms with Gasteiger partial charge in [-0.25, -0.2) is 13.8 Å². The topological polar surface area (TPSA) is 149 Å². The maximum Gasteiger partial charge on any atom is 0.333 e. The molecule has 0 aliphatic carbocycles. The number of nitrogens with zero attached hydrogens (tertiary/aromatic N) is 5. The molecule has 0 unspecified atom stereocenters. The van der Waals surface area contributed by atoms with E-state index in [4.69, 9.17) is 14.2 Å². The Hall–Kier alpha value is -4.37. The van der Waals surface area contributed by atoms with E-state index in [0.29, 0.717) is 10.6 Å². The summed E-state index contributed by atoms with van der Waals surface area (Å²) in [5.74, 6) is -1.34. The van der Waals surface area contributed by atoms with Gasteiger partial charge in [-0.2, -0.15) is 10.2 Å². The summed E-state index contributed by atoms with van der Waals surface area (Å²) in [6.45, 7) is 7.87. The summed E-state index contributed by atoms with van der Waals surface area (Å²) in [6, 6.07) is 3.62. The number of carbonyl (C=O) groups excluding carboxylic acids is 2. The lowest BCUT2D eigenvalue weighted by atomic mass is 10.0. The second kappa shape index (κ2) is 13.1. The van der Waals surface area contributed by atoms with Crippen LogP contribution in [0.25, 0.3) is 15.2 Å². The van der Waals surface area contributed by atoms with Gasteiger partial charge in [-0.1, -0.05) is 11.3 Å². The molecule has 15 heteroatoms. The molecule has 0 saturated carbocycles. The molecule has 1 aromatic carbocycles. The van der Waals surface area contributed by atoms with Crippen molar-refractivity contribution in [3.05, 3.63) is 68.4 Å². The quantitative estimate of drug-likeness (QED) is 0.233. The van der Waals surface area contributed by atoms with Crippen molar-refractivity contribution in [2.24, 2.45) is 0 Å². The number of ether oxygens (including phenoxy) is 3. The monoisotopic (exact) mass is 630 g/mol. The molecule has 0 aliphatic rings. The summed E-state index contributed by atoms with van der Waals surface area (Å²) in [4.78, 5) is 55.2. The molecular weight excluding hydrogens is 595 g/mol. The number of nitrogens with one attached hydrogen (secondary N) is 1. The largest absolute Gasteiger partial charge is 0.496 e. The van der Waals surface area contributed by atoms with Gasteiger partial charge in [-0.3, -0.25) is 19.0 Å². The summed E-state index contributed by atoms with van der Waals surface area (Å²) in [5.41, 5.74) is -2.28. The number of thiophene rings is 1. The lowest BCUT2D eigenvalue weighted by Gasteiger charge is -2.28. The maximum absolute atomic E-state index is 14.5. The van der Waals surface area contributed by atoms with E-state index in [2.05, 4.69) is 15.5 Å². The highest BCUT2D eigenvalue weighted by Gasteiger charge is 2.36. The fourth-order valence-electron chi connectivity index (χ4n) is 4.79. The SMILES string of the molecule is COC(=O)CCO[C@@H](Cn1c(=O)n(C(C)(C)C(=O)NC(C)C)c(=O)c2c(C)c(-n3nccn3)sc21)c1cc(F)ccc1OC. The number of fused-ring (bicyclic) bond motifs is 1. The highest BCUT2D eigenvalue weighted by Crippen LogP contribution is 2.34. The van der Waals surface area contributed by atoms with Crippen LogP contribution < -0.4 is 21.3 Å². The fourth-order valence-corrected chi connectivity index (χ4v) is 6.01. The van der Waals surface area contributed by atoms with E-state index in [1.807, 2.05) is 0 Å². The summed E-state index contributed by atoms with van der Waals surface area (Å²) in [7, 11) is 2.66. The normalized spacial score (nSPS) is 12.5. The smallest absolute Gasteiger partial charge is 0.333 e. The molecule has 13 nitrogen and oxygen atoms in total. The van der Waals surface area contributed by atoms with Crippen LogP contribution in [-0.4, -0.2) is 62.9 Å². The van der Waals surface area contributed by atoms with E-state index in [-0.39, 0.29) is 47.1 Å². The zero-order chi connectivity index (χ0) is 32.3. The first-order valence-electron chi connectivity index (χ1n) is 13.8. The minimum atomic E-state index is -1.61. The first kappa shape index (κ1) is 32.5. The molecule has 1 atom stereocenters. The molecule has 236 valence electrons. The van der Waals surface area contributed by atoms with Crippen LogP contribution in [0.5, 0.6) is 5.75 Å². The summed E-state index contributed by atoms with van der Waals surface area (Å²) < 4.78 is 33.0. The summed E-state index contributed by atoms with van der Waals surface area (Å²) in [5, 5.41) is 11.8. The van der Waals surface area contributed by atoms with Crippen molar-refractivity contribution in [1.82, 2.24) is 29.4 Å². The Balaban J connectivity index is 2.00. The number of hydrogen-bond acceptors (Lipinski definition) is 10. The molecule has 0 saturated heterocycles. The highest BCUT2D eigenvalue weighted by molar-refractivity contribution is 7.21.